The van der Waals surface area contributed by atoms with Crippen LogP contribution in [0.15, 0.2) is 29.2 Å². The molecule has 1 aromatic carbocycles. The second-order valence-electron chi connectivity index (χ2n) is 6.00. The Morgan fingerprint density at radius 1 is 1.22 bits per heavy atom. The van der Waals surface area contributed by atoms with Gasteiger partial charge in [0.1, 0.15) is 0 Å². The summed E-state index contributed by atoms with van der Waals surface area (Å²) in [6.45, 7) is 3.72. The third-order valence-electron chi connectivity index (χ3n) is 4.41. The van der Waals surface area contributed by atoms with Gasteiger partial charge in [0.05, 0.1) is 19.8 Å². The highest BCUT2D eigenvalue weighted by Crippen LogP contribution is 2.25. The average molecular weight is 336 g/mol. The Kier molecular flexibility index (Phi) is 5.94. The van der Waals surface area contributed by atoms with Gasteiger partial charge < -0.3 is 14.8 Å². The molecule has 0 radical (unpaired) electrons. The molecule has 6 heteroatoms. The van der Waals surface area contributed by atoms with Crippen LogP contribution in [0.4, 0.5) is 5.69 Å². The molecule has 0 atom stereocenters. The molecular weight excluding hydrogens is 312 g/mol. The van der Waals surface area contributed by atoms with E-state index in [2.05, 4.69) is 10.2 Å². The lowest BCUT2D eigenvalue weighted by Crippen LogP contribution is -2.41. The maximum atomic E-state index is 12.2. The smallest absolute Gasteiger partial charge is 0.238 e. The maximum absolute atomic E-state index is 12.2. The first kappa shape index (κ1) is 16.8. The summed E-state index contributed by atoms with van der Waals surface area (Å²) in [5.41, 5.74) is 0.857. The van der Waals surface area contributed by atoms with Gasteiger partial charge in [0.25, 0.3) is 0 Å². The van der Waals surface area contributed by atoms with Crippen LogP contribution in [-0.2, 0) is 14.3 Å². The number of nitrogens with zero attached hydrogens (tertiary/aromatic N) is 1. The lowest BCUT2D eigenvalue weighted by Gasteiger charge is -2.33. The molecule has 2 aliphatic heterocycles. The summed E-state index contributed by atoms with van der Waals surface area (Å²) < 4.78 is 11.2. The summed E-state index contributed by atoms with van der Waals surface area (Å²) in [5, 5.41) is 2.97. The fourth-order valence-electron chi connectivity index (χ4n) is 3.11. The standard InChI is InChI=1S/C17H24N2O3S/c1-23-15-4-2-14(3-5-15)18-16(20)12-19-8-6-13(7-9-19)17-21-10-11-22-17/h2-5,13,17H,6-12H2,1H3,(H,18,20). The molecule has 0 aromatic heterocycles. The highest BCUT2D eigenvalue weighted by Gasteiger charge is 2.30. The number of rotatable bonds is 5. The molecule has 1 amide bonds. The van der Waals surface area contributed by atoms with E-state index < -0.39 is 0 Å². The molecule has 5 nitrogen and oxygen atoms in total. The topological polar surface area (TPSA) is 50.8 Å². The number of nitrogens with one attached hydrogen (secondary N) is 1. The van der Waals surface area contributed by atoms with Crippen LogP contribution in [-0.4, -0.2) is 56.2 Å². The van der Waals surface area contributed by atoms with Crippen LogP contribution in [0.2, 0.25) is 0 Å². The Morgan fingerprint density at radius 3 is 2.48 bits per heavy atom. The van der Waals surface area contributed by atoms with E-state index in [1.165, 1.54) is 4.90 Å². The first-order valence-electron chi connectivity index (χ1n) is 8.14. The van der Waals surface area contributed by atoms with Crippen molar-refractivity contribution in [3.05, 3.63) is 24.3 Å². The zero-order valence-electron chi connectivity index (χ0n) is 13.5. The molecule has 2 saturated heterocycles. The van der Waals surface area contributed by atoms with Crippen molar-refractivity contribution in [3.8, 4) is 0 Å². The van der Waals surface area contributed by atoms with Gasteiger partial charge in [-0.05, 0) is 56.5 Å². The first-order valence-corrected chi connectivity index (χ1v) is 9.36. The monoisotopic (exact) mass is 336 g/mol. The third-order valence-corrected chi connectivity index (χ3v) is 5.15. The molecule has 23 heavy (non-hydrogen) atoms. The van der Waals surface area contributed by atoms with Crippen LogP contribution in [0.3, 0.4) is 0 Å². The molecule has 0 unspecified atom stereocenters. The summed E-state index contributed by atoms with van der Waals surface area (Å²) in [5.74, 6) is 0.518. The van der Waals surface area contributed by atoms with Gasteiger partial charge in [0.15, 0.2) is 6.29 Å². The molecule has 1 aromatic rings. The van der Waals surface area contributed by atoms with Gasteiger partial charge in [-0.1, -0.05) is 0 Å². The minimum Gasteiger partial charge on any atom is -0.350 e. The van der Waals surface area contributed by atoms with Crippen LogP contribution in [0.25, 0.3) is 0 Å². The zero-order valence-corrected chi connectivity index (χ0v) is 14.3. The van der Waals surface area contributed by atoms with Gasteiger partial charge in [-0.3, -0.25) is 9.69 Å². The summed E-state index contributed by atoms with van der Waals surface area (Å²) in [6.07, 6.45) is 4.07. The van der Waals surface area contributed by atoms with Gasteiger partial charge >= 0.3 is 0 Å². The number of likely N-dealkylation sites (tertiary alicyclic amines) is 1. The molecular formula is C17H24N2O3S. The van der Waals surface area contributed by atoms with E-state index in [0.717, 1.165) is 31.6 Å². The fraction of sp³-hybridized carbons (Fsp3) is 0.588. The van der Waals surface area contributed by atoms with Gasteiger partial charge in [-0.25, -0.2) is 0 Å². The van der Waals surface area contributed by atoms with Crippen molar-refractivity contribution in [2.24, 2.45) is 5.92 Å². The zero-order chi connectivity index (χ0) is 16.1. The quantitative estimate of drug-likeness (QED) is 0.837. The Hall–Kier alpha value is -1.08. The van der Waals surface area contributed by atoms with E-state index in [4.69, 9.17) is 9.47 Å². The van der Waals surface area contributed by atoms with Crippen molar-refractivity contribution in [1.82, 2.24) is 4.90 Å². The number of piperidine rings is 1. The largest absolute Gasteiger partial charge is 0.350 e. The number of carbonyl (C=O) groups is 1. The minimum absolute atomic E-state index is 0.0269. The van der Waals surface area contributed by atoms with E-state index in [9.17, 15) is 4.79 Å². The molecule has 0 aliphatic carbocycles. The number of carbonyl (C=O) groups excluding carboxylic acids is 1. The van der Waals surface area contributed by atoms with E-state index in [1.807, 2.05) is 30.5 Å². The molecule has 0 saturated carbocycles. The van der Waals surface area contributed by atoms with Crippen LogP contribution < -0.4 is 5.32 Å². The Labute approximate surface area is 141 Å². The van der Waals surface area contributed by atoms with E-state index in [0.29, 0.717) is 25.7 Å². The molecule has 2 aliphatic rings. The van der Waals surface area contributed by atoms with Crippen LogP contribution in [0.5, 0.6) is 0 Å². The third kappa shape index (κ3) is 4.70. The summed E-state index contributed by atoms with van der Waals surface area (Å²) >= 11 is 1.69. The molecule has 1 N–H and O–H groups in total. The van der Waals surface area contributed by atoms with Crippen molar-refractivity contribution in [2.75, 3.05) is 44.4 Å². The normalized spacial score (nSPS) is 20.7. The summed E-state index contributed by atoms with van der Waals surface area (Å²) in [7, 11) is 0. The second kappa shape index (κ2) is 8.15. The SMILES string of the molecule is CSc1ccc(NC(=O)CN2CCC(C3OCCO3)CC2)cc1. The Bertz CT molecular complexity index is 509. The molecule has 126 valence electrons. The average Bonchev–Trinajstić information content (AvgIpc) is 3.11. The number of ether oxygens (including phenoxy) is 2. The molecule has 0 bridgehead atoms. The molecule has 2 fully saturated rings. The van der Waals surface area contributed by atoms with Gasteiger partial charge in [0.2, 0.25) is 5.91 Å². The van der Waals surface area contributed by atoms with Crippen molar-refractivity contribution < 1.29 is 14.3 Å². The maximum Gasteiger partial charge on any atom is 0.238 e. The summed E-state index contributed by atoms with van der Waals surface area (Å²) in [6, 6.07) is 7.94. The number of thioether (sulfide) groups is 1. The number of benzene rings is 1. The molecule has 0 spiro atoms. The van der Waals surface area contributed by atoms with E-state index >= 15 is 0 Å². The minimum atomic E-state index is -0.0269. The fourth-order valence-corrected chi connectivity index (χ4v) is 3.52. The van der Waals surface area contributed by atoms with Crippen LogP contribution in [0, 0.1) is 5.92 Å². The van der Waals surface area contributed by atoms with Crippen LogP contribution in [0.1, 0.15) is 12.8 Å². The van der Waals surface area contributed by atoms with Crippen molar-refractivity contribution in [1.29, 1.82) is 0 Å². The van der Waals surface area contributed by atoms with Crippen molar-refractivity contribution in [2.45, 2.75) is 24.0 Å². The predicted octanol–water partition coefficient (Wildman–Crippen LogP) is 2.43. The van der Waals surface area contributed by atoms with Crippen molar-refractivity contribution >= 4 is 23.4 Å². The first-order chi connectivity index (χ1) is 11.2. The number of amides is 1. The van der Waals surface area contributed by atoms with E-state index in [1.54, 1.807) is 11.8 Å². The highest BCUT2D eigenvalue weighted by atomic mass is 32.2. The lowest BCUT2D eigenvalue weighted by atomic mass is 9.96. The predicted molar refractivity (Wildman–Crippen MR) is 91.7 cm³/mol. The van der Waals surface area contributed by atoms with Gasteiger partial charge in [-0.2, -0.15) is 0 Å². The van der Waals surface area contributed by atoms with Crippen LogP contribution >= 0.6 is 11.8 Å². The van der Waals surface area contributed by atoms with Gasteiger partial charge in [0, 0.05) is 16.5 Å². The summed E-state index contributed by atoms with van der Waals surface area (Å²) in [4.78, 5) is 15.6. The Morgan fingerprint density at radius 2 is 1.87 bits per heavy atom. The van der Waals surface area contributed by atoms with Gasteiger partial charge in [-0.15, -0.1) is 11.8 Å². The number of anilines is 1. The number of hydrogen-bond acceptors (Lipinski definition) is 5. The van der Waals surface area contributed by atoms with Crippen molar-refractivity contribution in [3.63, 3.8) is 0 Å². The lowest BCUT2D eigenvalue weighted by molar-refractivity contribution is -0.119. The Balaban J connectivity index is 1.41. The highest BCUT2D eigenvalue weighted by molar-refractivity contribution is 7.98. The van der Waals surface area contributed by atoms with E-state index in [-0.39, 0.29) is 12.2 Å². The number of hydrogen-bond donors (Lipinski definition) is 1. The molecule has 2 heterocycles. The second-order valence-corrected chi connectivity index (χ2v) is 6.88. The molecule has 3 rings (SSSR count).